The van der Waals surface area contributed by atoms with Gasteiger partial charge in [-0.05, 0) is 19.8 Å². The number of halogens is 1. The van der Waals surface area contributed by atoms with Crippen LogP contribution in [0.1, 0.15) is 48.5 Å². The standard InChI is InChI=1S/C19H23FN6O3/c1-2-26-9-10(7-22-26)16-14-11(8-21-18(14)27)15(20)17(25-16)23-12-5-3-4-6-13(12)24-19(28)29/h7,9,12-13,24H,2-6,8H2,1H3,(H,21,27)(H,23,25)(H,28,29)/t12-,13+/m1/s1. The molecule has 1 fully saturated rings. The number of anilines is 1. The predicted molar refractivity (Wildman–Crippen MR) is 103 cm³/mol. The van der Waals surface area contributed by atoms with Crippen LogP contribution in [-0.4, -0.2) is 44.0 Å². The number of pyridine rings is 1. The molecular weight excluding hydrogens is 379 g/mol. The fourth-order valence-corrected chi connectivity index (χ4v) is 4.05. The minimum atomic E-state index is -1.10. The van der Waals surface area contributed by atoms with E-state index in [0.29, 0.717) is 30.6 Å². The van der Waals surface area contributed by atoms with E-state index in [2.05, 4.69) is 26.0 Å². The smallest absolute Gasteiger partial charge is 0.404 e. The first kappa shape index (κ1) is 19.2. The highest BCUT2D eigenvalue weighted by Gasteiger charge is 2.33. The van der Waals surface area contributed by atoms with E-state index in [1.807, 2.05) is 6.92 Å². The van der Waals surface area contributed by atoms with Crippen LogP contribution in [0.25, 0.3) is 11.3 Å². The Balaban J connectivity index is 1.73. The Morgan fingerprint density at radius 2 is 2.14 bits per heavy atom. The lowest BCUT2D eigenvalue weighted by molar-refractivity contribution is 0.0966. The molecule has 0 spiro atoms. The Morgan fingerprint density at radius 3 is 2.83 bits per heavy atom. The van der Waals surface area contributed by atoms with Gasteiger partial charge in [0.05, 0.1) is 23.5 Å². The van der Waals surface area contributed by atoms with Crippen molar-refractivity contribution in [1.82, 2.24) is 25.4 Å². The number of hydrogen-bond donors (Lipinski definition) is 4. The minimum Gasteiger partial charge on any atom is -0.465 e. The van der Waals surface area contributed by atoms with Gasteiger partial charge in [-0.1, -0.05) is 12.8 Å². The van der Waals surface area contributed by atoms with Crippen molar-refractivity contribution in [2.45, 2.75) is 57.8 Å². The SMILES string of the molecule is CCn1cc(-c2nc(N[C@@H]3CCCC[C@@H]3NC(=O)O)c(F)c3c2C(=O)NC3)cn1. The number of nitrogens with one attached hydrogen (secondary N) is 3. The average molecular weight is 402 g/mol. The van der Waals surface area contributed by atoms with Crippen LogP contribution in [0.2, 0.25) is 0 Å². The van der Waals surface area contributed by atoms with Gasteiger partial charge in [0.1, 0.15) is 0 Å². The van der Waals surface area contributed by atoms with Crippen LogP contribution in [0.15, 0.2) is 12.4 Å². The summed E-state index contributed by atoms with van der Waals surface area (Å²) in [6.45, 7) is 2.69. The second kappa shape index (κ2) is 7.69. The van der Waals surface area contributed by atoms with Crippen molar-refractivity contribution < 1.29 is 19.1 Å². The summed E-state index contributed by atoms with van der Waals surface area (Å²) in [6.07, 6.45) is 5.46. The summed E-state index contributed by atoms with van der Waals surface area (Å²) >= 11 is 0. The molecule has 1 saturated carbocycles. The molecule has 0 bridgehead atoms. The number of carbonyl (C=O) groups is 2. The summed E-state index contributed by atoms with van der Waals surface area (Å²) in [7, 11) is 0. The Kier molecular flexibility index (Phi) is 5.08. The van der Waals surface area contributed by atoms with Gasteiger partial charge >= 0.3 is 6.09 Å². The van der Waals surface area contributed by atoms with E-state index in [0.717, 1.165) is 12.8 Å². The fraction of sp³-hybridized carbons (Fsp3) is 0.474. The normalized spacial score (nSPS) is 20.8. The first-order valence-electron chi connectivity index (χ1n) is 9.77. The molecule has 0 saturated heterocycles. The monoisotopic (exact) mass is 402 g/mol. The summed E-state index contributed by atoms with van der Waals surface area (Å²) < 4.78 is 16.9. The number of carboxylic acid groups (broad SMARTS) is 1. The van der Waals surface area contributed by atoms with Gasteiger partial charge in [0.2, 0.25) is 0 Å². The van der Waals surface area contributed by atoms with E-state index >= 15 is 4.39 Å². The number of nitrogens with zero attached hydrogens (tertiary/aromatic N) is 3. The Labute approximate surface area is 166 Å². The number of fused-ring (bicyclic) bond motifs is 1. The molecule has 2 aromatic heterocycles. The zero-order valence-corrected chi connectivity index (χ0v) is 16.0. The van der Waals surface area contributed by atoms with E-state index in [1.54, 1.807) is 17.1 Å². The number of carbonyl (C=O) groups excluding carboxylic acids is 1. The highest BCUT2D eigenvalue weighted by Crippen LogP contribution is 2.33. The van der Waals surface area contributed by atoms with Crippen LogP contribution in [0, 0.1) is 5.82 Å². The van der Waals surface area contributed by atoms with E-state index in [-0.39, 0.29) is 41.5 Å². The van der Waals surface area contributed by atoms with E-state index in [9.17, 15) is 9.59 Å². The maximum absolute atomic E-state index is 15.2. The molecule has 10 heteroatoms. The summed E-state index contributed by atoms with van der Waals surface area (Å²) in [4.78, 5) is 27.9. The quantitative estimate of drug-likeness (QED) is 0.609. The van der Waals surface area contributed by atoms with Crippen molar-refractivity contribution in [1.29, 1.82) is 0 Å². The lowest BCUT2D eigenvalue weighted by Crippen LogP contribution is -2.48. The highest BCUT2D eigenvalue weighted by atomic mass is 19.1. The van der Waals surface area contributed by atoms with Gasteiger partial charge in [-0.15, -0.1) is 0 Å². The molecule has 29 heavy (non-hydrogen) atoms. The highest BCUT2D eigenvalue weighted by molar-refractivity contribution is 6.04. The maximum atomic E-state index is 15.2. The third kappa shape index (κ3) is 3.62. The van der Waals surface area contributed by atoms with E-state index in [4.69, 9.17) is 5.11 Å². The van der Waals surface area contributed by atoms with Crippen LogP contribution in [-0.2, 0) is 13.1 Å². The zero-order valence-electron chi connectivity index (χ0n) is 16.0. The van der Waals surface area contributed by atoms with Crippen molar-refractivity contribution in [2.24, 2.45) is 0 Å². The molecule has 2 atom stereocenters. The molecule has 1 aliphatic heterocycles. The van der Waals surface area contributed by atoms with Gasteiger partial charge in [-0.2, -0.15) is 5.10 Å². The van der Waals surface area contributed by atoms with Crippen LogP contribution < -0.4 is 16.0 Å². The Hall–Kier alpha value is -3.17. The molecule has 2 amide bonds. The van der Waals surface area contributed by atoms with Crippen LogP contribution in [0.4, 0.5) is 15.0 Å². The molecule has 0 unspecified atom stereocenters. The van der Waals surface area contributed by atoms with Crippen molar-refractivity contribution in [3.8, 4) is 11.3 Å². The zero-order chi connectivity index (χ0) is 20.5. The maximum Gasteiger partial charge on any atom is 0.404 e. The molecule has 0 aromatic carbocycles. The number of hydrogen-bond acceptors (Lipinski definition) is 5. The molecule has 4 rings (SSSR count). The van der Waals surface area contributed by atoms with Crippen molar-refractivity contribution in [2.75, 3.05) is 5.32 Å². The molecule has 2 aromatic rings. The summed E-state index contributed by atoms with van der Waals surface area (Å²) in [6, 6.07) is -0.613. The van der Waals surface area contributed by atoms with Crippen LogP contribution in [0.3, 0.4) is 0 Å². The van der Waals surface area contributed by atoms with Crippen molar-refractivity contribution in [3.05, 3.63) is 29.3 Å². The summed E-state index contributed by atoms with van der Waals surface area (Å²) in [5.41, 5.74) is 1.50. The third-order valence-electron chi connectivity index (χ3n) is 5.52. The predicted octanol–water partition coefficient (Wildman–Crippen LogP) is 2.34. The van der Waals surface area contributed by atoms with Gasteiger partial charge in [0, 0.05) is 36.5 Å². The molecule has 0 radical (unpaired) electrons. The summed E-state index contributed by atoms with van der Waals surface area (Å²) in [5.74, 6) is -0.909. The number of amides is 2. The molecule has 2 aliphatic rings. The largest absolute Gasteiger partial charge is 0.465 e. The molecule has 9 nitrogen and oxygen atoms in total. The summed E-state index contributed by atoms with van der Waals surface area (Å²) in [5, 5.41) is 21.6. The Bertz CT molecular complexity index is 960. The van der Waals surface area contributed by atoms with Gasteiger partial charge in [0.25, 0.3) is 5.91 Å². The van der Waals surface area contributed by atoms with Gasteiger partial charge in [-0.3, -0.25) is 9.48 Å². The number of rotatable bonds is 5. The first-order chi connectivity index (χ1) is 14.0. The second-order valence-electron chi connectivity index (χ2n) is 7.34. The van der Waals surface area contributed by atoms with Crippen molar-refractivity contribution >= 4 is 17.8 Å². The molecule has 4 N–H and O–H groups in total. The van der Waals surface area contributed by atoms with Crippen LogP contribution in [0.5, 0.6) is 0 Å². The van der Waals surface area contributed by atoms with Crippen molar-refractivity contribution in [3.63, 3.8) is 0 Å². The lowest BCUT2D eigenvalue weighted by Gasteiger charge is -2.32. The molecule has 3 heterocycles. The average Bonchev–Trinajstić information content (AvgIpc) is 3.32. The topological polar surface area (TPSA) is 121 Å². The Morgan fingerprint density at radius 1 is 1.38 bits per heavy atom. The third-order valence-corrected chi connectivity index (χ3v) is 5.52. The molecule has 154 valence electrons. The second-order valence-corrected chi connectivity index (χ2v) is 7.34. The van der Waals surface area contributed by atoms with Gasteiger partial charge < -0.3 is 21.1 Å². The fourth-order valence-electron chi connectivity index (χ4n) is 4.05. The minimum absolute atomic E-state index is 0.0311. The number of aromatic nitrogens is 3. The van der Waals surface area contributed by atoms with E-state index in [1.165, 1.54) is 0 Å². The first-order valence-corrected chi connectivity index (χ1v) is 9.77. The number of aryl methyl sites for hydroxylation is 1. The van der Waals surface area contributed by atoms with Gasteiger partial charge in [0.15, 0.2) is 11.6 Å². The van der Waals surface area contributed by atoms with E-state index < -0.39 is 11.9 Å². The lowest BCUT2D eigenvalue weighted by atomic mass is 9.90. The van der Waals surface area contributed by atoms with Gasteiger partial charge in [-0.25, -0.2) is 14.2 Å². The van der Waals surface area contributed by atoms with Crippen LogP contribution >= 0.6 is 0 Å². The molecular formula is C19H23FN6O3. The molecule has 1 aliphatic carbocycles.